The lowest BCUT2D eigenvalue weighted by atomic mass is 9.95. The van der Waals surface area contributed by atoms with Crippen LogP contribution in [0.15, 0.2) is 60.7 Å². The number of benzene rings is 2. The minimum absolute atomic E-state index is 0.449. The van der Waals surface area contributed by atoms with E-state index in [2.05, 4.69) is 40.0 Å². The first-order valence-electron chi connectivity index (χ1n) is 9.67. The Hall–Kier alpha value is -2.99. The molecule has 27 heavy (non-hydrogen) atoms. The van der Waals surface area contributed by atoms with Crippen LogP contribution in [0.3, 0.4) is 0 Å². The van der Waals surface area contributed by atoms with Gasteiger partial charge in [0.05, 0.1) is 11.7 Å². The highest BCUT2D eigenvalue weighted by Gasteiger charge is 2.20. The number of aromatic nitrogens is 2. The molecule has 4 rings (SSSR count). The van der Waals surface area contributed by atoms with Crippen molar-refractivity contribution in [2.45, 2.75) is 44.8 Å². The number of ether oxygens (including phenoxy) is 1. The maximum absolute atomic E-state index is 5.90. The molecule has 1 saturated carbocycles. The van der Waals surface area contributed by atoms with Crippen LogP contribution in [0.2, 0.25) is 0 Å². The fourth-order valence-corrected chi connectivity index (χ4v) is 3.75. The van der Waals surface area contributed by atoms with E-state index in [0.717, 1.165) is 22.6 Å². The van der Waals surface area contributed by atoms with Crippen LogP contribution in [0.4, 0.5) is 0 Å². The highest BCUT2D eigenvalue weighted by atomic mass is 16.5. The minimum atomic E-state index is 0.449. The van der Waals surface area contributed by atoms with Crippen molar-refractivity contribution in [3.63, 3.8) is 0 Å². The van der Waals surface area contributed by atoms with Crippen LogP contribution in [0.1, 0.15) is 49.4 Å². The molecule has 3 heteroatoms. The molecule has 0 radical (unpaired) electrons. The number of hydrogen-bond acceptors (Lipinski definition) is 2. The molecule has 1 heterocycles. The van der Waals surface area contributed by atoms with Crippen LogP contribution in [0.25, 0.3) is 11.3 Å². The van der Waals surface area contributed by atoms with Crippen molar-refractivity contribution in [2.24, 2.45) is 0 Å². The predicted molar refractivity (Wildman–Crippen MR) is 108 cm³/mol. The van der Waals surface area contributed by atoms with E-state index in [1.807, 2.05) is 36.4 Å². The summed E-state index contributed by atoms with van der Waals surface area (Å²) in [6, 6.07) is 20.9. The molecule has 1 fully saturated rings. The maximum atomic E-state index is 5.90. The van der Waals surface area contributed by atoms with Gasteiger partial charge in [-0.05, 0) is 48.6 Å². The molecular weight excluding hydrogens is 332 g/mol. The van der Waals surface area contributed by atoms with E-state index in [9.17, 15) is 0 Å². The second kappa shape index (κ2) is 8.14. The first-order chi connectivity index (χ1) is 13.3. The molecule has 3 aromatic rings. The number of rotatable bonds is 5. The van der Waals surface area contributed by atoms with Crippen LogP contribution in [0.5, 0.6) is 5.75 Å². The predicted octanol–water partition coefficient (Wildman–Crippen LogP) is 5.62. The van der Waals surface area contributed by atoms with E-state index in [1.54, 1.807) is 0 Å². The molecular formula is C24H24N2O. The second-order valence-electron chi connectivity index (χ2n) is 7.09. The number of terminal acetylenes is 1. The summed E-state index contributed by atoms with van der Waals surface area (Å²) in [6.07, 6.45) is 11.8. The second-order valence-corrected chi connectivity index (χ2v) is 7.09. The van der Waals surface area contributed by atoms with Crippen molar-refractivity contribution in [3.05, 3.63) is 71.9 Å². The van der Waals surface area contributed by atoms with Gasteiger partial charge in [0, 0.05) is 11.6 Å². The third-order valence-electron chi connectivity index (χ3n) is 5.20. The van der Waals surface area contributed by atoms with Gasteiger partial charge in [0.15, 0.2) is 0 Å². The summed E-state index contributed by atoms with van der Waals surface area (Å²) in [5.74, 6) is 3.55. The Morgan fingerprint density at radius 2 is 1.74 bits per heavy atom. The molecule has 1 aliphatic rings. The number of hydrogen-bond donors (Lipinski definition) is 0. The molecule has 0 bridgehead atoms. The Morgan fingerprint density at radius 1 is 1.00 bits per heavy atom. The minimum Gasteiger partial charge on any atom is -0.489 e. The van der Waals surface area contributed by atoms with Crippen LogP contribution in [-0.4, -0.2) is 9.78 Å². The normalized spacial score (nSPS) is 14.6. The van der Waals surface area contributed by atoms with Gasteiger partial charge < -0.3 is 4.74 Å². The van der Waals surface area contributed by atoms with E-state index >= 15 is 0 Å². The summed E-state index contributed by atoms with van der Waals surface area (Å²) in [7, 11) is 0. The molecule has 0 saturated heterocycles. The smallest absolute Gasteiger partial charge is 0.135 e. The van der Waals surface area contributed by atoms with Gasteiger partial charge in [0.25, 0.3) is 0 Å². The molecule has 136 valence electrons. The van der Waals surface area contributed by atoms with Crippen molar-refractivity contribution in [2.75, 3.05) is 0 Å². The molecule has 0 atom stereocenters. The molecule has 0 unspecified atom stereocenters. The van der Waals surface area contributed by atoms with Crippen LogP contribution >= 0.6 is 0 Å². The van der Waals surface area contributed by atoms with Gasteiger partial charge in [-0.25, -0.2) is 0 Å². The van der Waals surface area contributed by atoms with Gasteiger partial charge in [0.2, 0.25) is 0 Å². The lowest BCUT2D eigenvalue weighted by Gasteiger charge is -2.24. The Morgan fingerprint density at radius 3 is 2.44 bits per heavy atom. The molecule has 1 aliphatic carbocycles. The maximum Gasteiger partial charge on any atom is 0.135 e. The van der Waals surface area contributed by atoms with Crippen molar-refractivity contribution >= 4 is 0 Å². The lowest BCUT2D eigenvalue weighted by Crippen LogP contribution is -2.15. The third-order valence-corrected chi connectivity index (χ3v) is 5.20. The summed E-state index contributed by atoms with van der Waals surface area (Å²) < 4.78 is 8.05. The molecule has 0 aliphatic heterocycles. The molecule has 0 N–H and O–H groups in total. The van der Waals surface area contributed by atoms with E-state index in [1.165, 1.54) is 32.1 Å². The highest BCUT2D eigenvalue weighted by Crippen LogP contribution is 2.33. The van der Waals surface area contributed by atoms with Crippen molar-refractivity contribution in [1.29, 1.82) is 0 Å². The summed E-state index contributed by atoms with van der Waals surface area (Å²) in [5.41, 5.74) is 4.10. The monoisotopic (exact) mass is 356 g/mol. The van der Waals surface area contributed by atoms with Crippen LogP contribution in [-0.2, 0) is 6.61 Å². The van der Waals surface area contributed by atoms with Crippen LogP contribution in [0, 0.1) is 12.3 Å². The zero-order valence-corrected chi connectivity index (χ0v) is 15.5. The van der Waals surface area contributed by atoms with Crippen LogP contribution < -0.4 is 4.74 Å². The third kappa shape index (κ3) is 4.06. The zero-order chi connectivity index (χ0) is 18.5. The quantitative estimate of drug-likeness (QED) is 0.555. The first-order valence-corrected chi connectivity index (χ1v) is 9.67. The van der Waals surface area contributed by atoms with Gasteiger partial charge in [-0.2, -0.15) is 5.10 Å². The van der Waals surface area contributed by atoms with E-state index in [4.69, 9.17) is 11.2 Å². The SMILES string of the molecule is C#Cc1cc(-c2ccc(OCc3ccccc3)cc2)n(C2CCCCC2)n1. The summed E-state index contributed by atoms with van der Waals surface area (Å²) in [4.78, 5) is 0. The molecule has 1 aromatic heterocycles. The molecule has 0 amide bonds. The Bertz CT molecular complexity index is 913. The fourth-order valence-electron chi connectivity index (χ4n) is 3.75. The van der Waals surface area contributed by atoms with E-state index < -0.39 is 0 Å². The van der Waals surface area contributed by atoms with Crippen molar-refractivity contribution in [1.82, 2.24) is 9.78 Å². The topological polar surface area (TPSA) is 27.1 Å². The molecule has 0 spiro atoms. The van der Waals surface area contributed by atoms with Crippen molar-refractivity contribution < 1.29 is 4.74 Å². The van der Waals surface area contributed by atoms with Gasteiger partial charge in [0.1, 0.15) is 18.1 Å². The fraction of sp³-hybridized carbons (Fsp3) is 0.292. The highest BCUT2D eigenvalue weighted by molar-refractivity contribution is 5.62. The number of nitrogens with zero attached hydrogens (tertiary/aromatic N) is 2. The average Bonchev–Trinajstić information content (AvgIpc) is 3.19. The van der Waals surface area contributed by atoms with Gasteiger partial charge in [-0.3, -0.25) is 4.68 Å². The lowest BCUT2D eigenvalue weighted by molar-refractivity contribution is 0.306. The van der Waals surface area contributed by atoms with Gasteiger partial charge in [-0.1, -0.05) is 49.6 Å². The Balaban J connectivity index is 1.53. The summed E-state index contributed by atoms with van der Waals surface area (Å²) in [5, 5.41) is 4.68. The zero-order valence-electron chi connectivity index (χ0n) is 15.5. The van der Waals surface area contributed by atoms with Gasteiger partial charge >= 0.3 is 0 Å². The Kier molecular flexibility index (Phi) is 5.25. The van der Waals surface area contributed by atoms with Crippen molar-refractivity contribution in [3.8, 4) is 29.4 Å². The molecule has 2 aromatic carbocycles. The Labute approximate surface area is 161 Å². The summed E-state index contributed by atoms with van der Waals surface area (Å²) in [6.45, 7) is 0.571. The van der Waals surface area contributed by atoms with E-state index in [0.29, 0.717) is 18.3 Å². The first kappa shape index (κ1) is 17.4. The summed E-state index contributed by atoms with van der Waals surface area (Å²) >= 11 is 0. The molecule has 3 nitrogen and oxygen atoms in total. The average molecular weight is 356 g/mol. The standard InChI is InChI=1S/C24H24N2O/c1-2-21-17-24(26(25-21)22-11-7-4-8-12-22)20-13-15-23(16-14-20)27-18-19-9-5-3-6-10-19/h1,3,5-6,9-10,13-17,22H,4,7-8,11-12,18H2. The largest absolute Gasteiger partial charge is 0.489 e. The van der Waals surface area contributed by atoms with E-state index in [-0.39, 0.29) is 0 Å². The van der Waals surface area contributed by atoms with Gasteiger partial charge in [-0.15, -0.1) is 6.42 Å².